The fraction of sp³-hybridized carbons (Fsp3) is 0.429. The molecule has 21 heavy (non-hydrogen) atoms. The van der Waals surface area contributed by atoms with Crippen molar-refractivity contribution >= 4 is 0 Å². The summed E-state index contributed by atoms with van der Waals surface area (Å²) in [5, 5.41) is 13.3. The lowest BCUT2D eigenvalue weighted by molar-refractivity contribution is 0.250. The Hall–Kier alpha value is -2.28. The second-order valence-corrected chi connectivity index (χ2v) is 4.27. The number of aromatic nitrogens is 3. The molecule has 2 aromatic rings. The van der Waals surface area contributed by atoms with E-state index in [0.717, 1.165) is 6.54 Å². The van der Waals surface area contributed by atoms with Gasteiger partial charge in [-0.3, -0.25) is 0 Å². The SMILES string of the molecule is CCn1ncnc1COc1c(OC)cc(CO)cc1OC. The highest BCUT2D eigenvalue weighted by Crippen LogP contribution is 2.39. The quantitative estimate of drug-likeness (QED) is 0.831. The van der Waals surface area contributed by atoms with Gasteiger partial charge >= 0.3 is 0 Å². The van der Waals surface area contributed by atoms with Gasteiger partial charge in [0, 0.05) is 6.54 Å². The normalized spacial score (nSPS) is 10.5. The Bertz CT molecular complexity index is 573. The molecule has 0 unspecified atom stereocenters. The van der Waals surface area contributed by atoms with E-state index in [2.05, 4.69) is 10.1 Å². The molecule has 0 saturated carbocycles. The number of hydrogen-bond donors (Lipinski definition) is 1. The van der Waals surface area contributed by atoms with Gasteiger partial charge in [0.05, 0.1) is 20.8 Å². The monoisotopic (exact) mass is 293 g/mol. The van der Waals surface area contributed by atoms with Crippen LogP contribution < -0.4 is 14.2 Å². The van der Waals surface area contributed by atoms with Gasteiger partial charge in [0.2, 0.25) is 5.75 Å². The Kier molecular flexibility index (Phi) is 4.99. The van der Waals surface area contributed by atoms with E-state index in [1.807, 2.05) is 6.92 Å². The molecule has 1 N–H and O–H groups in total. The largest absolute Gasteiger partial charge is 0.493 e. The van der Waals surface area contributed by atoms with Gasteiger partial charge < -0.3 is 19.3 Å². The van der Waals surface area contributed by atoms with Crippen molar-refractivity contribution in [2.75, 3.05) is 14.2 Å². The molecule has 0 bridgehead atoms. The summed E-state index contributed by atoms with van der Waals surface area (Å²) in [5.41, 5.74) is 0.688. The molecule has 0 atom stereocenters. The van der Waals surface area contributed by atoms with Crippen LogP contribution in [0.5, 0.6) is 17.2 Å². The number of ether oxygens (including phenoxy) is 3. The number of rotatable bonds is 7. The molecule has 0 saturated heterocycles. The third-order valence-corrected chi connectivity index (χ3v) is 3.04. The van der Waals surface area contributed by atoms with Gasteiger partial charge in [-0.25, -0.2) is 9.67 Å². The van der Waals surface area contributed by atoms with Crippen molar-refractivity contribution in [1.82, 2.24) is 14.8 Å². The average molecular weight is 293 g/mol. The lowest BCUT2D eigenvalue weighted by atomic mass is 10.2. The van der Waals surface area contributed by atoms with Crippen LogP contribution in [0.25, 0.3) is 0 Å². The summed E-state index contributed by atoms with van der Waals surface area (Å²) in [4.78, 5) is 4.15. The summed E-state index contributed by atoms with van der Waals surface area (Å²) in [5.74, 6) is 2.19. The smallest absolute Gasteiger partial charge is 0.204 e. The third-order valence-electron chi connectivity index (χ3n) is 3.04. The van der Waals surface area contributed by atoms with E-state index in [4.69, 9.17) is 14.2 Å². The fourth-order valence-electron chi connectivity index (χ4n) is 1.97. The molecule has 0 fully saturated rings. The molecule has 114 valence electrons. The van der Waals surface area contributed by atoms with E-state index in [0.29, 0.717) is 28.6 Å². The summed E-state index contributed by atoms with van der Waals surface area (Å²) in [7, 11) is 3.08. The van der Waals surface area contributed by atoms with Gasteiger partial charge in [0.1, 0.15) is 12.9 Å². The minimum Gasteiger partial charge on any atom is -0.493 e. The molecule has 0 amide bonds. The molecular weight excluding hydrogens is 274 g/mol. The first-order valence-corrected chi connectivity index (χ1v) is 6.58. The minimum atomic E-state index is -0.100. The molecule has 1 heterocycles. The lowest BCUT2D eigenvalue weighted by Gasteiger charge is -2.15. The lowest BCUT2D eigenvalue weighted by Crippen LogP contribution is -2.08. The Labute approximate surface area is 123 Å². The number of methoxy groups -OCH3 is 2. The van der Waals surface area contributed by atoms with Crippen LogP contribution in [0.4, 0.5) is 0 Å². The van der Waals surface area contributed by atoms with Gasteiger partial charge in [-0.1, -0.05) is 0 Å². The standard InChI is InChI=1S/C14H19N3O4/c1-4-17-13(15-9-16-17)8-21-14-11(19-2)5-10(7-18)6-12(14)20-3/h5-6,9,18H,4,7-8H2,1-3H3. The minimum absolute atomic E-state index is 0.100. The van der Waals surface area contributed by atoms with Crippen LogP contribution in [0.3, 0.4) is 0 Å². The molecule has 7 heteroatoms. The molecule has 2 rings (SSSR count). The van der Waals surface area contributed by atoms with Crippen LogP contribution in [0, 0.1) is 0 Å². The van der Waals surface area contributed by atoms with Crippen LogP contribution in [-0.4, -0.2) is 34.1 Å². The molecule has 0 radical (unpaired) electrons. The zero-order valence-electron chi connectivity index (χ0n) is 12.4. The van der Waals surface area contributed by atoms with Crippen LogP contribution in [0.15, 0.2) is 18.5 Å². The highest BCUT2D eigenvalue weighted by molar-refractivity contribution is 5.53. The fourth-order valence-corrected chi connectivity index (χ4v) is 1.97. The maximum atomic E-state index is 9.24. The van der Waals surface area contributed by atoms with Crippen molar-refractivity contribution in [2.45, 2.75) is 26.7 Å². The second kappa shape index (κ2) is 6.94. The molecule has 1 aromatic carbocycles. The Balaban J connectivity index is 2.26. The van der Waals surface area contributed by atoms with Gasteiger partial charge in [-0.2, -0.15) is 5.10 Å². The molecule has 0 aliphatic carbocycles. The number of aliphatic hydroxyl groups is 1. The van der Waals surface area contributed by atoms with E-state index in [9.17, 15) is 5.11 Å². The van der Waals surface area contributed by atoms with Crippen molar-refractivity contribution in [3.05, 3.63) is 29.8 Å². The predicted molar refractivity (Wildman–Crippen MR) is 75.5 cm³/mol. The number of aryl methyl sites for hydroxylation is 1. The van der Waals surface area contributed by atoms with E-state index in [-0.39, 0.29) is 13.2 Å². The van der Waals surface area contributed by atoms with Crippen molar-refractivity contribution in [3.8, 4) is 17.2 Å². The molecule has 0 aliphatic rings. The van der Waals surface area contributed by atoms with E-state index in [1.165, 1.54) is 20.5 Å². The number of hydrogen-bond acceptors (Lipinski definition) is 6. The third kappa shape index (κ3) is 3.25. The van der Waals surface area contributed by atoms with Crippen LogP contribution >= 0.6 is 0 Å². The van der Waals surface area contributed by atoms with Crippen molar-refractivity contribution < 1.29 is 19.3 Å². The first-order chi connectivity index (χ1) is 10.2. The van der Waals surface area contributed by atoms with E-state index in [1.54, 1.807) is 16.8 Å². The van der Waals surface area contributed by atoms with Crippen LogP contribution in [0.1, 0.15) is 18.3 Å². The van der Waals surface area contributed by atoms with Gasteiger partial charge in [-0.05, 0) is 24.6 Å². The van der Waals surface area contributed by atoms with Gasteiger partial charge in [0.25, 0.3) is 0 Å². The van der Waals surface area contributed by atoms with Gasteiger partial charge in [-0.15, -0.1) is 0 Å². The maximum Gasteiger partial charge on any atom is 0.204 e. The summed E-state index contributed by atoms with van der Waals surface area (Å²) in [6, 6.07) is 3.42. The number of benzene rings is 1. The zero-order valence-corrected chi connectivity index (χ0v) is 12.4. The molecular formula is C14H19N3O4. The Morgan fingerprint density at radius 1 is 1.19 bits per heavy atom. The first-order valence-electron chi connectivity index (χ1n) is 6.58. The number of nitrogens with zero attached hydrogens (tertiary/aromatic N) is 3. The summed E-state index contributed by atoms with van der Waals surface area (Å²) in [6.45, 7) is 2.85. The van der Waals surface area contributed by atoms with Crippen molar-refractivity contribution in [1.29, 1.82) is 0 Å². The van der Waals surface area contributed by atoms with Crippen LogP contribution in [0.2, 0.25) is 0 Å². The highest BCUT2D eigenvalue weighted by atomic mass is 16.5. The summed E-state index contributed by atoms with van der Waals surface area (Å²) < 4.78 is 18.1. The van der Waals surface area contributed by atoms with E-state index >= 15 is 0 Å². The topological polar surface area (TPSA) is 78.6 Å². The summed E-state index contributed by atoms with van der Waals surface area (Å²) in [6.07, 6.45) is 1.49. The second-order valence-electron chi connectivity index (χ2n) is 4.27. The average Bonchev–Trinajstić information content (AvgIpc) is 2.99. The molecule has 0 spiro atoms. The first kappa shape index (κ1) is 15.1. The molecule has 7 nitrogen and oxygen atoms in total. The maximum absolute atomic E-state index is 9.24. The zero-order chi connectivity index (χ0) is 15.2. The van der Waals surface area contributed by atoms with Crippen molar-refractivity contribution in [3.63, 3.8) is 0 Å². The predicted octanol–water partition coefficient (Wildman–Crippen LogP) is 1.39. The van der Waals surface area contributed by atoms with E-state index < -0.39 is 0 Å². The Morgan fingerprint density at radius 2 is 1.86 bits per heavy atom. The number of aliphatic hydroxyl groups excluding tert-OH is 1. The Morgan fingerprint density at radius 3 is 2.38 bits per heavy atom. The molecule has 1 aromatic heterocycles. The molecule has 0 aliphatic heterocycles. The van der Waals surface area contributed by atoms with Crippen molar-refractivity contribution in [2.24, 2.45) is 0 Å². The highest BCUT2D eigenvalue weighted by Gasteiger charge is 2.15. The summed E-state index contributed by atoms with van der Waals surface area (Å²) >= 11 is 0. The van der Waals surface area contributed by atoms with Crippen LogP contribution in [-0.2, 0) is 19.8 Å². The van der Waals surface area contributed by atoms with Gasteiger partial charge in [0.15, 0.2) is 17.3 Å².